The third-order valence-corrected chi connectivity index (χ3v) is 6.32. The van der Waals surface area contributed by atoms with E-state index in [-0.39, 0.29) is 35.5 Å². The fraction of sp³-hybridized carbons (Fsp3) is 0.389. The molecule has 2 heterocycles. The van der Waals surface area contributed by atoms with Crippen LogP contribution < -0.4 is 9.64 Å². The molecule has 2 aliphatic carbocycles. The summed E-state index contributed by atoms with van der Waals surface area (Å²) in [6, 6.07) is 5.65. The molecule has 2 fully saturated rings. The summed E-state index contributed by atoms with van der Waals surface area (Å²) in [5.74, 6) is 0.702. The van der Waals surface area contributed by atoms with Gasteiger partial charge >= 0.3 is 0 Å². The van der Waals surface area contributed by atoms with Gasteiger partial charge in [0.15, 0.2) is 5.13 Å². The van der Waals surface area contributed by atoms with Crippen LogP contribution in [0.2, 0.25) is 0 Å². The lowest BCUT2D eigenvalue weighted by molar-refractivity contribution is -0.123. The summed E-state index contributed by atoms with van der Waals surface area (Å²) in [4.78, 5) is 31.5. The van der Waals surface area contributed by atoms with Crippen molar-refractivity contribution >= 4 is 38.5 Å². The smallest absolute Gasteiger partial charge is 0.240 e. The number of imide groups is 1. The van der Waals surface area contributed by atoms with Gasteiger partial charge in [-0.05, 0) is 43.4 Å². The largest absolute Gasteiger partial charge is 0.494 e. The fourth-order valence-electron chi connectivity index (χ4n) is 4.34. The molecule has 2 unspecified atom stereocenters. The van der Waals surface area contributed by atoms with Crippen LogP contribution in [0.3, 0.4) is 0 Å². The molecule has 2 aromatic rings. The van der Waals surface area contributed by atoms with Crippen LogP contribution in [-0.2, 0) is 9.59 Å². The summed E-state index contributed by atoms with van der Waals surface area (Å²) in [6.07, 6.45) is 5.15. The Balaban J connectivity index is 1.53. The quantitative estimate of drug-likeness (QED) is 0.637. The number of hydrogen-bond acceptors (Lipinski definition) is 5. The number of carbonyl (C=O) groups excluding carboxylic acids is 2. The Hall–Kier alpha value is -2.21. The van der Waals surface area contributed by atoms with Crippen LogP contribution in [0, 0.1) is 23.7 Å². The molecule has 122 valence electrons. The summed E-state index contributed by atoms with van der Waals surface area (Å²) >= 11 is 1.38. The number of aromatic nitrogens is 1. The Labute approximate surface area is 142 Å². The minimum absolute atomic E-state index is 0.0778. The van der Waals surface area contributed by atoms with Crippen LogP contribution >= 0.6 is 11.3 Å². The maximum absolute atomic E-state index is 12.8. The van der Waals surface area contributed by atoms with Crippen LogP contribution in [0.15, 0.2) is 30.4 Å². The van der Waals surface area contributed by atoms with E-state index in [4.69, 9.17) is 4.74 Å². The van der Waals surface area contributed by atoms with Gasteiger partial charge in [0.1, 0.15) is 5.75 Å². The first-order valence-electron chi connectivity index (χ1n) is 8.27. The van der Waals surface area contributed by atoms with Crippen molar-refractivity contribution in [1.82, 2.24) is 4.98 Å². The number of benzene rings is 1. The second kappa shape index (κ2) is 4.89. The lowest BCUT2D eigenvalue weighted by Crippen LogP contribution is -2.32. The molecular weight excluding hydrogens is 324 g/mol. The van der Waals surface area contributed by atoms with Gasteiger partial charge in [-0.15, -0.1) is 0 Å². The highest BCUT2D eigenvalue weighted by Crippen LogP contribution is 2.53. The van der Waals surface area contributed by atoms with Crippen LogP contribution in [0.1, 0.15) is 13.3 Å². The standard InChI is InChI=1S/C18H16N2O3S/c1-2-23-11-5-6-12-13(8-11)24-18(19-12)20-16(21)14-9-3-4-10(7-9)15(14)17(20)22/h3-6,8-10,14-15H,2,7H2,1H3/t9?,10?,14-,15+. The molecule has 1 aromatic heterocycles. The van der Waals surface area contributed by atoms with Crippen molar-refractivity contribution in [2.75, 3.05) is 11.5 Å². The Bertz CT molecular complexity index is 873. The van der Waals surface area contributed by atoms with Gasteiger partial charge in [-0.3, -0.25) is 9.59 Å². The van der Waals surface area contributed by atoms with Crippen molar-refractivity contribution < 1.29 is 14.3 Å². The van der Waals surface area contributed by atoms with Crippen molar-refractivity contribution in [3.05, 3.63) is 30.4 Å². The van der Waals surface area contributed by atoms with Gasteiger partial charge in [-0.25, -0.2) is 9.88 Å². The molecule has 1 saturated heterocycles. The number of ether oxygens (including phenoxy) is 1. The zero-order valence-corrected chi connectivity index (χ0v) is 14.0. The van der Waals surface area contributed by atoms with E-state index >= 15 is 0 Å². The van der Waals surface area contributed by atoms with Crippen LogP contribution in [-0.4, -0.2) is 23.4 Å². The number of carbonyl (C=O) groups is 2. The molecule has 5 nitrogen and oxygen atoms in total. The molecule has 1 saturated carbocycles. The van der Waals surface area contributed by atoms with Crippen molar-refractivity contribution in [2.24, 2.45) is 23.7 Å². The number of fused-ring (bicyclic) bond motifs is 6. The first-order chi connectivity index (χ1) is 11.7. The minimum atomic E-state index is -0.182. The van der Waals surface area contributed by atoms with E-state index < -0.39 is 0 Å². The highest BCUT2D eigenvalue weighted by molar-refractivity contribution is 7.22. The van der Waals surface area contributed by atoms with E-state index in [2.05, 4.69) is 17.1 Å². The fourth-order valence-corrected chi connectivity index (χ4v) is 5.34. The van der Waals surface area contributed by atoms with Gasteiger partial charge in [-0.2, -0.15) is 0 Å². The number of allylic oxidation sites excluding steroid dienone is 2. The number of nitrogens with zero attached hydrogens (tertiary/aromatic N) is 2. The SMILES string of the molecule is CCOc1ccc2nc(N3C(=O)[C@@H]4C5C=CC(C5)[C@@H]4C3=O)sc2c1. The molecule has 0 radical (unpaired) electrons. The summed E-state index contributed by atoms with van der Waals surface area (Å²) in [6.45, 7) is 2.53. The number of amides is 2. The van der Waals surface area contributed by atoms with E-state index in [1.165, 1.54) is 16.2 Å². The summed E-state index contributed by atoms with van der Waals surface area (Å²) in [5.41, 5.74) is 0.789. The van der Waals surface area contributed by atoms with E-state index in [9.17, 15) is 9.59 Å². The molecule has 1 aliphatic heterocycles. The molecule has 0 spiro atoms. The van der Waals surface area contributed by atoms with Crippen molar-refractivity contribution in [3.63, 3.8) is 0 Å². The zero-order chi connectivity index (χ0) is 16.4. The van der Waals surface area contributed by atoms with E-state index in [0.29, 0.717) is 11.7 Å². The molecular formula is C18H16N2O3S. The predicted molar refractivity (Wildman–Crippen MR) is 91.0 cm³/mol. The molecule has 6 heteroatoms. The normalized spacial score (nSPS) is 30.6. The molecule has 24 heavy (non-hydrogen) atoms. The van der Waals surface area contributed by atoms with Crippen molar-refractivity contribution in [2.45, 2.75) is 13.3 Å². The zero-order valence-electron chi connectivity index (χ0n) is 13.1. The van der Waals surface area contributed by atoms with Gasteiger partial charge in [-0.1, -0.05) is 23.5 Å². The van der Waals surface area contributed by atoms with Gasteiger partial charge in [0.25, 0.3) is 0 Å². The van der Waals surface area contributed by atoms with Crippen molar-refractivity contribution in [3.8, 4) is 5.75 Å². The van der Waals surface area contributed by atoms with Gasteiger partial charge in [0.2, 0.25) is 11.8 Å². The average Bonchev–Trinajstić information content (AvgIpc) is 3.30. The average molecular weight is 340 g/mol. The van der Waals surface area contributed by atoms with Gasteiger partial charge in [0.05, 0.1) is 28.7 Å². The van der Waals surface area contributed by atoms with E-state index in [0.717, 1.165) is 22.4 Å². The number of rotatable bonds is 3. The molecule has 4 atom stereocenters. The third-order valence-electron chi connectivity index (χ3n) is 5.32. The summed E-state index contributed by atoms with van der Waals surface area (Å²) < 4.78 is 6.44. The summed E-state index contributed by atoms with van der Waals surface area (Å²) in [7, 11) is 0. The predicted octanol–water partition coefficient (Wildman–Crippen LogP) is 3.01. The Kier molecular flexibility index (Phi) is 2.89. The molecule has 1 aromatic carbocycles. The topological polar surface area (TPSA) is 59.5 Å². The molecule has 2 amide bonds. The van der Waals surface area contributed by atoms with Gasteiger partial charge < -0.3 is 4.74 Å². The van der Waals surface area contributed by atoms with Crippen LogP contribution in [0.4, 0.5) is 5.13 Å². The Morgan fingerprint density at radius 2 is 1.92 bits per heavy atom. The molecule has 0 N–H and O–H groups in total. The number of anilines is 1. The maximum atomic E-state index is 12.8. The second-order valence-electron chi connectivity index (χ2n) is 6.57. The highest BCUT2D eigenvalue weighted by Gasteiger charge is 2.60. The van der Waals surface area contributed by atoms with Crippen LogP contribution in [0.5, 0.6) is 5.75 Å². The lowest BCUT2D eigenvalue weighted by Gasteiger charge is -2.14. The first kappa shape index (κ1) is 14.2. The third kappa shape index (κ3) is 1.77. The Morgan fingerprint density at radius 3 is 2.58 bits per heavy atom. The van der Waals surface area contributed by atoms with Crippen LogP contribution in [0.25, 0.3) is 10.2 Å². The second-order valence-corrected chi connectivity index (χ2v) is 7.58. The Morgan fingerprint density at radius 1 is 1.21 bits per heavy atom. The first-order valence-corrected chi connectivity index (χ1v) is 9.08. The molecule has 2 bridgehead atoms. The monoisotopic (exact) mass is 340 g/mol. The van der Waals surface area contributed by atoms with Crippen molar-refractivity contribution in [1.29, 1.82) is 0 Å². The highest BCUT2D eigenvalue weighted by atomic mass is 32.1. The molecule has 3 aliphatic rings. The minimum Gasteiger partial charge on any atom is -0.494 e. The maximum Gasteiger partial charge on any atom is 0.240 e. The lowest BCUT2D eigenvalue weighted by atomic mass is 9.85. The molecule has 5 rings (SSSR count). The van der Waals surface area contributed by atoms with E-state index in [1.54, 1.807) is 0 Å². The number of hydrogen-bond donors (Lipinski definition) is 0. The summed E-state index contributed by atoms with van der Waals surface area (Å²) in [5, 5.41) is 0.488. The van der Waals surface area contributed by atoms with E-state index in [1.807, 2.05) is 25.1 Å². The van der Waals surface area contributed by atoms with Gasteiger partial charge in [0, 0.05) is 0 Å². The number of thiazole rings is 1.